The monoisotopic (exact) mass is 269 g/mol. The molecule has 3 nitrogen and oxygen atoms in total. The highest BCUT2D eigenvalue weighted by molar-refractivity contribution is 5.10. The van der Waals surface area contributed by atoms with Gasteiger partial charge in [0.2, 0.25) is 0 Å². The fourth-order valence-electron chi connectivity index (χ4n) is 3.99. The molecule has 0 aromatic rings. The Bertz CT molecular complexity index is 274. The number of hydrogen-bond acceptors (Lipinski definition) is 3. The van der Waals surface area contributed by atoms with E-state index in [9.17, 15) is 0 Å². The molecule has 0 saturated heterocycles. The lowest BCUT2D eigenvalue weighted by molar-refractivity contribution is -0.135. The Hall–Kier alpha value is -0.120. The maximum atomic E-state index is 5.98. The van der Waals surface area contributed by atoms with E-state index >= 15 is 0 Å². The molecule has 2 saturated carbocycles. The molecule has 3 unspecified atom stereocenters. The number of rotatable bonds is 7. The van der Waals surface area contributed by atoms with E-state index in [1.54, 1.807) is 7.11 Å². The third-order valence-corrected chi connectivity index (χ3v) is 5.25. The largest absolute Gasteiger partial charge is 0.383 e. The van der Waals surface area contributed by atoms with Gasteiger partial charge in [0.05, 0.1) is 12.7 Å². The van der Waals surface area contributed by atoms with E-state index in [1.165, 1.54) is 32.1 Å². The molecule has 112 valence electrons. The van der Waals surface area contributed by atoms with E-state index in [0.29, 0.717) is 29.5 Å². The highest BCUT2D eigenvalue weighted by atomic mass is 16.5. The summed E-state index contributed by atoms with van der Waals surface area (Å²) in [7, 11) is 1.80. The summed E-state index contributed by atoms with van der Waals surface area (Å²) in [6.07, 6.45) is 7.10. The van der Waals surface area contributed by atoms with Gasteiger partial charge in [0.25, 0.3) is 0 Å². The summed E-state index contributed by atoms with van der Waals surface area (Å²) < 4.78 is 11.3. The van der Waals surface area contributed by atoms with E-state index in [1.807, 2.05) is 0 Å². The van der Waals surface area contributed by atoms with Crippen LogP contribution in [0, 0.1) is 11.3 Å². The predicted octanol–water partition coefficient (Wildman–Crippen LogP) is 2.98. The van der Waals surface area contributed by atoms with Gasteiger partial charge in [-0.2, -0.15) is 0 Å². The van der Waals surface area contributed by atoms with Gasteiger partial charge in [-0.05, 0) is 32.1 Å². The van der Waals surface area contributed by atoms with Crippen molar-refractivity contribution in [3.05, 3.63) is 0 Å². The quantitative estimate of drug-likeness (QED) is 0.771. The first-order chi connectivity index (χ1) is 9.14. The Labute approximate surface area is 118 Å². The molecule has 19 heavy (non-hydrogen) atoms. The van der Waals surface area contributed by atoms with Gasteiger partial charge in [-0.3, -0.25) is 0 Å². The third-order valence-electron chi connectivity index (χ3n) is 5.25. The second kappa shape index (κ2) is 6.55. The Balaban J connectivity index is 1.96. The molecule has 0 aromatic carbocycles. The minimum atomic E-state index is 0.427. The summed E-state index contributed by atoms with van der Waals surface area (Å²) in [6.45, 7) is 8.33. The van der Waals surface area contributed by atoms with Gasteiger partial charge < -0.3 is 14.8 Å². The Morgan fingerprint density at radius 2 is 1.95 bits per heavy atom. The lowest BCUT2D eigenvalue weighted by Crippen LogP contribution is -2.65. The average molecular weight is 269 g/mol. The van der Waals surface area contributed by atoms with Crippen molar-refractivity contribution in [3.8, 4) is 0 Å². The first-order valence-corrected chi connectivity index (χ1v) is 8.00. The number of hydrogen-bond donors (Lipinski definition) is 1. The van der Waals surface area contributed by atoms with Crippen LogP contribution in [0.2, 0.25) is 0 Å². The molecule has 2 rings (SSSR count). The normalized spacial score (nSPS) is 30.8. The van der Waals surface area contributed by atoms with Gasteiger partial charge in [0.1, 0.15) is 0 Å². The van der Waals surface area contributed by atoms with E-state index in [0.717, 1.165) is 13.2 Å². The van der Waals surface area contributed by atoms with Crippen LogP contribution in [0.15, 0.2) is 0 Å². The van der Waals surface area contributed by atoms with Crippen LogP contribution >= 0.6 is 0 Å². The van der Waals surface area contributed by atoms with E-state index in [-0.39, 0.29) is 0 Å². The minimum Gasteiger partial charge on any atom is -0.383 e. The molecule has 0 aliphatic heterocycles. The Morgan fingerprint density at radius 3 is 2.47 bits per heavy atom. The SMILES string of the molecule is CCOC1CC(NC(COC)C(C)C)C12CCCC2. The molecule has 0 bridgehead atoms. The fraction of sp³-hybridized carbons (Fsp3) is 1.00. The zero-order valence-corrected chi connectivity index (χ0v) is 13.1. The first kappa shape index (κ1) is 15.3. The van der Waals surface area contributed by atoms with Crippen molar-refractivity contribution in [1.29, 1.82) is 0 Å². The van der Waals surface area contributed by atoms with Crippen molar-refractivity contribution in [2.75, 3.05) is 20.3 Å². The lowest BCUT2D eigenvalue weighted by Gasteiger charge is -2.55. The Kier molecular flexibility index (Phi) is 5.27. The van der Waals surface area contributed by atoms with Crippen LogP contribution in [0.25, 0.3) is 0 Å². The van der Waals surface area contributed by atoms with Crippen LogP contribution in [0.3, 0.4) is 0 Å². The highest BCUT2D eigenvalue weighted by Gasteiger charge is 2.56. The molecule has 1 spiro atoms. The zero-order chi connectivity index (χ0) is 13.9. The molecule has 1 N–H and O–H groups in total. The molecular weight excluding hydrogens is 238 g/mol. The van der Waals surface area contributed by atoms with Gasteiger partial charge in [0.15, 0.2) is 0 Å². The number of nitrogens with one attached hydrogen (secondary N) is 1. The molecule has 3 atom stereocenters. The van der Waals surface area contributed by atoms with Gasteiger partial charge in [0, 0.05) is 31.2 Å². The van der Waals surface area contributed by atoms with Crippen LogP contribution in [0.5, 0.6) is 0 Å². The van der Waals surface area contributed by atoms with Crippen LogP contribution < -0.4 is 5.32 Å². The number of ether oxygens (including phenoxy) is 2. The second-order valence-corrected chi connectivity index (χ2v) is 6.65. The van der Waals surface area contributed by atoms with E-state index < -0.39 is 0 Å². The average Bonchev–Trinajstić information content (AvgIpc) is 2.88. The van der Waals surface area contributed by atoms with Crippen molar-refractivity contribution in [3.63, 3.8) is 0 Å². The topological polar surface area (TPSA) is 30.5 Å². The van der Waals surface area contributed by atoms with Crippen LogP contribution in [-0.2, 0) is 9.47 Å². The van der Waals surface area contributed by atoms with Gasteiger partial charge >= 0.3 is 0 Å². The van der Waals surface area contributed by atoms with E-state index in [2.05, 4.69) is 26.1 Å². The third kappa shape index (κ3) is 2.98. The maximum absolute atomic E-state index is 5.98. The summed E-state index contributed by atoms with van der Waals surface area (Å²) in [5, 5.41) is 3.87. The highest BCUT2D eigenvalue weighted by Crippen LogP contribution is 2.54. The second-order valence-electron chi connectivity index (χ2n) is 6.65. The summed E-state index contributed by atoms with van der Waals surface area (Å²) in [6, 6.07) is 1.10. The molecule has 0 aromatic heterocycles. The zero-order valence-electron chi connectivity index (χ0n) is 13.1. The summed E-state index contributed by atoms with van der Waals surface area (Å²) in [5.41, 5.74) is 0.427. The van der Waals surface area contributed by atoms with Crippen LogP contribution in [-0.4, -0.2) is 38.5 Å². The smallest absolute Gasteiger partial charge is 0.0661 e. The lowest BCUT2D eigenvalue weighted by atomic mass is 9.60. The predicted molar refractivity (Wildman–Crippen MR) is 78.4 cm³/mol. The van der Waals surface area contributed by atoms with Crippen molar-refractivity contribution >= 4 is 0 Å². The van der Waals surface area contributed by atoms with Crippen molar-refractivity contribution in [2.45, 2.75) is 71.1 Å². The molecule has 0 radical (unpaired) electrons. The minimum absolute atomic E-state index is 0.427. The summed E-state index contributed by atoms with van der Waals surface area (Å²) in [5.74, 6) is 0.615. The standard InChI is InChI=1S/C16H31NO2/c1-5-19-15-10-14(16(15)8-6-7-9-16)17-13(11-18-4)12(2)3/h12-15,17H,5-11H2,1-4H3. The van der Waals surface area contributed by atoms with Crippen LogP contribution in [0.1, 0.15) is 52.9 Å². The van der Waals surface area contributed by atoms with Crippen molar-refractivity contribution in [1.82, 2.24) is 5.32 Å². The molecule has 2 fully saturated rings. The Morgan fingerprint density at radius 1 is 1.26 bits per heavy atom. The van der Waals surface area contributed by atoms with E-state index in [4.69, 9.17) is 9.47 Å². The molecule has 2 aliphatic carbocycles. The molecule has 3 heteroatoms. The summed E-state index contributed by atoms with van der Waals surface area (Å²) in [4.78, 5) is 0. The van der Waals surface area contributed by atoms with Crippen molar-refractivity contribution < 1.29 is 9.47 Å². The van der Waals surface area contributed by atoms with Gasteiger partial charge in [-0.15, -0.1) is 0 Å². The van der Waals surface area contributed by atoms with Gasteiger partial charge in [-0.1, -0.05) is 26.7 Å². The maximum Gasteiger partial charge on any atom is 0.0661 e. The first-order valence-electron chi connectivity index (χ1n) is 8.00. The van der Waals surface area contributed by atoms with Crippen molar-refractivity contribution in [2.24, 2.45) is 11.3 Å². The molecule has 0 heterocycles. The molecule has 0 amide bonds. The fourth-order valence-corrected chi connectivity index (χ4v) is 3.99. The molecule has 2 aliphatic rings. The van der Waals surface area contributed by atoms with Gasteiger partial charge in [-0.25, -0.2) is 0 Å². The molecular formula is C16H31NO2. The van der Waals surface area contributed by atoms with Crippen LogP contribution in [0.4, 0.5) is 0 Å². The summed E-state index contributed by atoms with van der Waals surface area (Å²) >= 11 is 0. The number of methoxy groups -OCH3 is 1.